The van der Waals surface area contributed by atoms with Crippen molar-refractivity contribution in [2.45, 2.75) is 45.1 Å². The summed E-state index contributed by atoms with van der Waals surface area (Å²) in [7, 11) is 0. The predicted molar refractivity (Wildman–Crippen MR) is 107 cm³/mol. The van der Waals surface area contributed by atoms with Crippen LogP contribution < -0.4 is 4.74 Å². The normalized spacial score (nSPS) is 19.0. The Hall–Kier alpha value is -2.82. The van der Waals surface area contributed by atoms with E-state index in [1.165, 1.54) is 0 Å². The van der Waals surface area contributed by atoms with Crippen molar-refractivity contribution in [2.75, 3.05) is 6.54 Å². The highest BCUT2D eigenvalue weighted by Crippen LogP contribution is 2.38. The number of aliphatic carboxylic acids is 1. The average Bonchev–Trinajstić information content (AvgIpc) is 2.73. The number of carbonyl (C=O) groups excluding carboxylic acids is 1. The summed E-state index contributed by atoms with van der Waals surface area (Å²) in [6.07, 6.45) is 3.35. The quantitative estimate of drug-likeness (QED) is 0.759. The summed E-state index contributed by atoms with van der Waals surface area (Å²) >= 11 is 0. The average molecular weight is 381 g/mol. The van der Waals surface area contributed by atoms with Gasteiger partial charge in [-0.05, 0) is 48.9 Å². The Bertz CT molecular complexity index is 788. The van der Waals surface area contributed by atoms with Gasteiger partial charge < -0.3 is 14.7 Å². The minimum atomic E-state index is -0.699. The molecule has 28 heavy (non-hydrogen) atoms. The molecule has 1 amide bonds. The Morgan fingerprint density at radius 1 is 1.04 bits per heavy atom. The number of nitrogens with zero attached hydrogens (tertiary/aromatic N) is 1. The van der Waals surface area contributed by atoms with Crippen LogP contribution in [0.2, 0.25) is 0 Å². The number of para-hydroxylation sites is 1. The van der Waals surface area contributed by atoms with Gasteiger partial charge in [0.05, 0.1) is 5.92 Å². The van der Waals surface area contributed by atoms with Gasteiger partial charge in [-0.3, -0.25) is 4.79 Å². The van der Waals surface area contributed by atoms with Crippen molar-refractivity contribution in [3.05, 3.63) is 65.7 Å². The topological polar surface area (TPSA) is 66.8 Å². The van der Waals surface area contributed by atoms with Crippen LogP contribution in [0.4, 0.5) is 4.79 Å². The molecule has 2 aromatic rings. The van der Waals surface area contributed by atoms with Crippen LogP contribution in [0, 0.1) is 5.92 Å². The van der Waals surface area contributed by atoms with Crippen molar-refractivity contribution in [2.24, 2.45) is 5.92 Å². The molecule has 0 saturated heterocycles. The van der Waals surface area contributed by atoms with Crippen molar-refractivity contribution in [3.63, 3.8) is 0 Å². The number of carboxylic acid groups (broad SMARTS) is 1. The van der Waals surface area contributed by atoms with Crippen LogP contribution in [-0.4, -0.2) is 28.6 Å². The number of carbonyl (C=O) groups is 2. The highest BCUT2D eigenvalue weighted by Gasteiger charge is 2.31. The van der Waals surface area contributed by atoms with Gasteiger partial charge in [0, 0.05) is 13.1 Å². The van der Waals surface area contributed by atoms with Crippen molar-refractivity contribution >= 4 is 12.1 Å². The van der Waals surface area contributed by atoms with E-state index in [0.29, 0.717) is 18.8 Å². The summed E-state index contributed by atoms with van der Waals surface area (Å²) < 4.78 is 5.42. The van der Waals surface area contributed by atoms with Gasteiger partial charge in [-0.15, -0.1) is 0 Å². The van der Waals surface area contributed by atoms with Crippen LogP contribution in [0.1, 0.15) is 49.7 Å². The maximum absolute atomic E-state index is 12.4. The van der Waals surface area contributed by atoms with E-state index >= 15 is 0 Å². The molecule has 0 radical (unpaired) electrons. The fraction of sp³-hybridized carbons (Fsp3) is 0.391. The maximum atomic E-state index is 12.4. The lowest BCUT2D eigenvalue weighted by molar-refractivity contribution is -0.143. The second-order valence-electron chi connectivity index (χ2n) is 7.27. The molecule has 1 aliphatic rings. The molecular formula is C23H27NO4. The molecule has 1 N–H and O–H groups in total. The number of hydrogen-bond donors (Lipinski definition) is 1. The SMILES string of the molecule is CCN(Cc1ccc([C@@H]2CCCC[C@@H]2C(=O)O)cc1)C(=O)Oc1ccccc1. The molecular weight excluding hydrogens is 354 g/mol. The summed E-state index contributed by atoms with van der Waals surface area (Å²) in [4.78, 5) is 25.6. The minimum absolute atomic E-state index is 0.0747. The lowest BCUT2D eigenvalue weighted by atomic mass is 9.75. The van der Waals surface area contributed by atoms with Gasteiger partial charge >= 0.3 is 12.1 Å². The second kappa shape index (κ2) is 9.40. The first-order chi connectivity index (χ1) is 13.6. The molecule has 2 atom stereocenters. The molecule has 148 valence electrons. The first-order valence-corrected chi connectivity index (χ1v) is 9.92. The largest absolute Gasteiger partial charge is 0.481 e. The monoisotopic (exact) mass is 381 g/mol. The van der Waals surface area contributed by atoms with Gasteiger partial charge in [0.2, 0.25) is 0 Å². The van der Waals surface area contributed by atoms with E-state index in [4.69, 9.17) is 4.74 Å². The zero-order valence-electron chi connectivity index (χ0n) is 16.2. The third kappa shape index (κ3) is 4.91. The van der Waals surface area contributed by atoms with Crippen LogP contribution in [0.25, 0.3) is 0 Å². The fourth-order valence-corrected chi connectivity index (χ4v) is 3.88. The highest BCUT2D eigenvalue weighted by molar-refractivity contribution is 5.72. The standard InChI is InChI=1S/C23H27NO4/c1-2-24(23(27)28-19-8-4-3-5-9-19)16-17-12-14-18(15-13-17)20-10-6-7-11-21(20)22(25)26/h3-5,8-9,12-15,20-21H,2,6-7,10-11,16H2,1H3,(H,25,26)/t20-,21-/m0/s1. The minimum Gasteiger partial charge on any atom is -0.481 e. The predicted octanol–water partition coefficient (Wildman–Crippen LogP) is 5.07. The van der Waals surface area contributed by atoms with E-state index in [-0.39, 0.29) is 17.9 Å². The number of rotatable bonds is 6. The Kier molecular flexibility index (Phi) is 6.69. The molecule has 0 spiro atoms. The van der Waals surface area contributed by atoms with Crippen LogP contribution in [-0.2, 0) is 11.3 Å². The lowest BCUT2D eigenvalue weighted by Crippen LogP contribution is -2.32. The van der Waals surface area contributed by atoms with Gasteiger partial charge in [-0.25, -0.2) is 4.79 Å². The van der Waals surface area contributed by atoms with Crippen molar-refractivity contribution < 1.29 is 19.4 Å². The number of amides is 1. The number of benzene rings is 2. The molecule has 0 bridgehead atoms. The van der Waals surface area contributed by atoms with Crippen molar-refractivity contribution in [1.82, 2.24) is 4.90 Å². The number of hydrogen-bond acceptors (Lipinski definition) is 3. The highest BCUT2D eigenvalue weighted by atomic mass is 16.6. The lowest BCUT2D eigenvalue weighted by Gasteiger charge is -2.29. The molecule has 5 heteroatoms. The molecule has 2 aromatic carbocycles. The van der Waals surface area contributed by atoms with Crippen LogP contribution in [0.5, 0.6) is 5.75 Å². The van der Waals surface area contributed by atoms with Gasteiger partial charge in [0.1, 0.15) is 5.75 Å². The molecule has 1 saturated carbocycles. The van der Waals surface area contributed by atoms with Crippen LogP contribution in [0.15, 0.2) is 54.6 Å². The van der Waals surface area contributed by atoms with Crippen molar-refractivity contribution in [1.29, 1.82) is 0 Å². The van der Waals surface area contributed by atoms with Crippen molar-refractivity contribution in [3.8, 4) is 5.75 Å². The fourth-order valence-electron chi connectivity index (χ4n) is 3.88. The van der Waals surface area contributed by atoms with Crippen LogP contribution >= 0.6 is 0 Å². The summed E-state index contributed by atoms with van der Waals surface area (Å²) in [5.74, 6) is -0.397. The Morgan fingerprint density at radius 2 is 1.71 bits per heavy atom. The first kappa shape index (κ1) is 19.9. The molecule has 0 aliphatic heterocycles. The Morgan fingerprint density at radius 3 is 2.36 bits per heavy atom. The third-order valence-corrected chi connectivity index (χ3v) is 5.45. The van der Waals surface area contributed by atoms with Gasteiger partial charge in [-0.2, -0.15) is 0 Å². The molecule has 0 heterocycles. The van der Waals surface area contributed by atoms with E-state index in [1.54, 1.807) is 17.0 Å². The third-order valence-electron chi connectivity index (χ3n) is 5.45. The van der Waals surface area contributed by atoms with E-state index < -0.39 is 5.97 Å². The zero-order valence-corrected chi connectivity index (χ0v) is 16.2. The molecule has 1 aliphatic carbocycles. The molecule has 5 nitrogen and oxygen atoms in total. The smallest absolute Gasteiger partial charge is 0.415 e. The van der Waals surface area contributed by atoms with E-state index in [9.17, 15) is 14.7 Å². The number of carboxylic acids is 1. The molecule has 0 unspecified atom stereocenters. The maximum Gasteiger partial charge on any atom is 0.415 e. The van der Waals surface area contributed by atoms with Gasteiger partial charge in [-0.1, -0.05) is 55.3 Å². The summed E-state index contributed by atoms with van der Waals surface area (Å²) in [5, 5.41) is 9.50. The zero-order chi connectivity index (χ0) is 19.9. The number of ether oxygens (including phenoxy) is 1. The second-order valence-corrected chi connectivity index (χ2v) is 7.27. The van der Waals surface area contributed by atoms with E-state index in [2.05, 4.69) is 0 Å². The molecule has 0 aromatic heterocycles. The molecule has 3 rings (SSSR count). The van der Waals surface area contributed by atoms with Gasteiger partial charge in [0.25, 0.3) is 0 Å². The molecule has 1 fully saturated rings. The van der Waals surface area contributed by atoms with E-state index in [1.807, 2.05) is 49.4 Å². The summed E-state index contributed by atoms with van der Waals surface area (Å²) in [6, 6.07) is 17.0. The summed E-state index contributed by atoms with van der Waals surface area (Å²) in [5.41, 5.74) is 2.07. The first-order valence-electron chi connectivity index (χ1n) is 9.92. The van der Waals surface area contributed by atoms with Gasteiger partial charge in [0.15, 0.2) is 0 Å². The van der Waals surface area contributed by atoms with Crippen LogP contribution in [0.3, 0.4) is 0 Å². The van der Waals surface area contributed by atoms with E-state index in [0.717, 1.165) is 36.8 Å². The Balaban J connectivity index is 1.65. The summed E-state index contributed by atoms with van der Waals surface area (Å²) in [6.45, 7) is 2.91. The Labute approximate surface area is 165 Å².